The van der Waals surface area contributed by atoms with Crippen LogP contribution in [0.15, 0.2) is 24.3 Å². The molecule has 1 aliphatic heterocycles. The molecule has 2 N–H and O–H groups in total. The maximum Gasteiger partial charge on any atom is 0.321 e. The van der Waals surface area contributed by atoms with Crippen molar-refractivity contribution in [2.24, 2.45) is 0 Å². The highest BCUT2D eigenvalue weighted by molar-refractivity contribution is 5.96. The third-order valence-corrected chi connectivity index (χ3v) is 3.39. The van der Waals surface area contributed by atoms with Gasteiger partial charge in [-0.1, -0.05) is 31.5 Å². The molecule has 0 radical (unpaired) electrons. The van der Waals surface area contributed by atoms with Gasteiger partial charge in [-0.25, -0.2) is 4.79 Å². The predicted octanol–water partition coefficient (Wildman–Crippen LogP) is 1.68. The SMILES string of the molecule is CCCCNC(=O)NC(=O)CN1CCc2ccccc21. The van der Waals surface area contributed by atoms with Crippen LogP contribution < -0.4 is 15.5 Å². The van der Waals surface area contributed by atoms with Crippen LogP contribution in [0.5, 0.6) is 0 Å². The van der Waals surface area contributed by atoms with Crippen molar-refractivity contribution in [1.82, 2.24) is 10.6 Å². The Hall–Kier alpha value is -2.04. The van der Waals surface area contributed by atoms with E-state index in [1.807, 2.05) is 23.1 Å². The molecule has 0 aliphatic carbocycles. The molecular formula is C15H21N3O2. The molecule has 20 heavy (non-hydrogen) atoms. The number of para-hydroxylation sites is 1. The summed E-state index contributed by atoms with van der Waals surface area (Å²) in [7, 11) is 0. The van der Waals surface area contributed by atoms with Crippen molar-refractivity contribution in [3.05, 3.63) is 29.8 Å². The lowest BCUT2D eigenvalue weighted by Gasteiger charge is -2.18. The van der Waals surface area contributed by atoms with E-state index in [2.05, 4.69) is 23.6 Å². The Labute approximate surface area is 119 Å². The lowest BCUT2D eigenvalue weighted by atomic mass is 10.2. The smallest absolute Gasteiger partial charge is 0.321 e. The fourth-order valence-corrected chi connectivity index (χ4v) is 2.33. The average molecular weight is 275 g/mol. The molecule has 5 heteroatoms. The normalized spacial score (nSPS) is 12.9. The highest BCUT2D eigenvalue weighted by Crippen LogP contribution is 2.26. The number of imide groups is 1. The predicted molar refractivity (Wildman–Crippen MR) is 78.8 cm³/mol. The molecule has 108 valence electrons. The number of unbranched alkanes of at least 4 members (excludes halogenated alkanes) is 1. The number of benzene rings is 1. The van der Waals surface area contributed by atoms with Crippen LogP contribution in [-0.2, 0) is 11.2 Å². The van der Waals surface area contributed by atoms with Gasteiger partial charge in [0.2, 0.25) is 5.91 Å². The fraction of sp³-hybridized carbons (Fsp3) is 0.467. The first-order valence-electron chi connectivity index (χ1n) is 7.11. The molecule has 0 aromatic heterocycles. The second-order valence-corrected chi connectivity index (χ2v) is 4.96. The van der Waals surface area contributed by atoms with Gasteiger partial charge in [-0.05, 0) is 24.5 Å². The Morgan fingerprint density at radius 2 is 2.10 bits per heavy atom. The second kappa shape index (κ2) is 6.93. The minimum Gasteiger partial charge on any atom is -0.362 e. The highest BCUT2D eigenvalue weighted by Gasteiger charge is 2.21. The minimum absolute atomic E-state index is 0.220. The molecule has 0 saturated carbocycles. The summed E-state index contributed by atoms with van der Waals surface area (Å²) in [6.07, 6.45) is 2.88. The second-order valence-electron chi connectivity index (χ2n) is 4.96. The van der Waals surface area contributed by atoms with Crippen molar-refractivity contribution in [2.75, 3.05) is 24.5 Å². The van der Waals surface area contributed by atoms with E-state index in [0.29, 0.717) is 6.54 Å². The molecule has 2 rings (SSSR count). The van der Waals surface area contributed by atoms with E-state index in [1.54, 1.807) is 0 Å². The van der Waals surface area contributed by atoms with Crippen LogP contribution >= 0.6 is 0 Å². The Balaban J connectivity index is 1.80. The Morgan fingerprint density at radius 1 is 1.30 bits per heavy atom. The van der Waals surface area contributed by atoms with Crippen LogP contribution in [0, 0.1) is 0 Å². The van der Waals surface area contributed by atoms with Crippen molar-refractivity contribution in [3.63, 3.8) is 0 Å². The number of nitrogens with one attached hydrogen (secondary N) is 2. The van der Waals surface area contributed by atoms with Gasteiger partial charge in [-0.15, -0.1) is 0 Å². The number of hydrogen-bond acceptors (Lipinski definition) is 3. The molecule has 1 aromatic rings. The molecule has 0 atom stereocenters. The molecule has 0 saturated heterocycles. The quantitative estimate of drug-likeness (QED) is 0.804. The number of amides is 3. The summed E-state index contributed by atoms with van der Waals surface area (Å²) >= 11 is 0. The van der Waals surface area contributed by atoms with Crippen LogP contribution in [0.2, 0.25) is 0 Å². The van der Waals surface area contributed by atoms with Crippen LogP contribution in [0.3, 0.4) is 0 Å². The van der Waals surface area contributed by atoms with E-state index in [-0.39, 0.29) is 12.5 Å². The van der Waals surface area contributed by atoms with Crippen molar-refractivity contribution in [3.8, 4) is 0 Å². The zero-order valence-electron chi connectivity index (χ0n) is 11.8. The van der Waals surface area contributed by atoms with Gasteiger partial charge < -0.3 is 10.2 Å². The van der Waals surface area contributed by atoms with Gasteiger partial charge in [0.15, 0.2) is 0 Å². The summed E-state index contributed by atoms with van der Waals surface area (Å²) in [6, 6.07) is 7.65. The summed E-state index contributed by atoms with van der Waals surface area (Å²) in [6.45, 7) is 3.69. The molecule has 0 fully saturated rings. The molecule has 0 unspecified atom stereocenters. The standard InChI is InChI=1S/C15H21N3O2/c1-2-3-9-16-15(20)17-14(19)11-18-10-8-12-6-4-5-7-13(12)18/h4-7H,2-3,8-11H2,1H3,(H2,16,17,19,20). The molecule has 5 nitrogen and oxygen atoms in total. The number of carbonyl (C=O) groups excluding carboxylic acids is 2. The zero-order chi connectivity index (χ0) is 14.4. The van der Waals surface area contributed by atoms with E-state index in [9.17, 15) is 9.59 Å². The van der Waals surface area contributed by atoms with Gasteiger partial charge in [0.05, 0.1) is 6.54 Å². The summed E-state index contributed by atoms with van der Waals surface area (Å²) in [4.78, 5) is 25.3. The number of hydrogen-bond donors (Lipinski definition) is 2. The van der Waals surface area contributed by atoms with Crippen molar-refractivity contribution in [1.29, 1.82) is 0 Å². The van der Waals surface area contributed by atoms with Crippen LogP contribution in [0.1, 0.15) is 25.3 Å². The van der Waals surface area contributed by atoms with Gasteiger partial charge in [0.1, 0.15) is 0 Å². The number of anilines is 1. The number of fused-ring (bicyclic) bond motifs is 1. The Bertz CT molecular complexity index is 488. The summed E-state index contributed by atoms with van der Waals surface area (Å²) < 4.78 is 0. The number of carbonyl (C=O) groups is 2. The average Bonchev–Trinajstić information content (AvgIpc) is 2.82. The summed E-state index contributed by atoms with van der Waals surface area (Å²) in [5, 5.41) is 5.04. The van der Waals surface area contributed by atoms with Gasteiger partial charge in [0, 0.05) is 18.8 Å². The van der Waals surface area contributed by atoms with Crippen molar-refractivity contribution >= 4 is 17.6 Å². The summed E-state index contributed by atoms with van der Waals surface area (Å²) in [5.41, 5.74) is 2.35. The maximum absolute atomic E-state index is 11.8. The van der Waals surface area contributed by atoms with Crippen LogP contribution in [0.4, 0.5) is 10.5 Å². The molecular weight excluding hydrogens is 254 g/mol. The lowest BCUT2D eigenvalue weighted by molar-refractivity contribution is -0.118. The maximum atomic E-state index is 11.8. The molecule has 1 aromatic carbocycles. The van der Waals surface area contributed by atoms with Crippen molar-refractivity contribution in [2.45, 2.75) is 26.2 Å². The summed E-state index contributed by atoms with van der Waals surface area (Å²) in [5.74, 6) is -0.268. The molecule has 0 bridgehead atoms. The van der Waals surface area contributed by atoms with Gasteiger partial charge in [0.25, 0.3) is 0 Å². The largest absolute Gasteiger partial charge is 0.362 e. The molecule has 1 heterocycles. The topological polar surface area (TPSA) is 61.4 Å². The first-order valence-corrected chi connectivity index (χ1v) is 7.11. The monoisotopic (exact) mass is 275 g/mol. The first kappa shape index (κ1) is 14.4. The fourth-order valence-electron chi connectivity index (χ4n) is 2.33. The van der Waals surface area contributed by atoms with Crippen LogP contribution in [-0.4, -0.2) is 31.6 Å². The third-order valence-electron chi connectivity index (χ3n) is 3.39. The van der Waals surface area contributed by atoms with Gasteiger partial charge >= 0.3 is 6.03 Å². The zero-order valence-corrected chi connectivity index (χ0v) is 11.8. The minimum atomic E-state index is -0.407. The molecule has 3 amide bonds. The third kappa shape index (κ3) is 3.73. The van der Waals surface area contributed by atoms with E-state index in [1.165, 1.54) is 5.56 Å². The van der Waals surface area contributed by atoms with E-state index in [4.69, 9.17) is 0 Å². The number of nitrogens with zero attached hydrogens (tertiary/aromatic N) is 1. The highest BCUT2D eigenvalue weighted by atomic mass is 16.2. The van der Waals surface area contributed by atoms with Gasteiger partial charge in [-0.2, -0.15) is 0 Å². The Kier molecular flexibility index (Phi) is 4.98. The van der Waals surface area contributed by atoms with E-state index >= 15 is 0 Å². The van der Waals surface area contributed by atoms with Crippen molar-refractivity contribution < 1.29 is 9.59 Å². The molecule has 0 spiro atoms. The van der Waals surface area contributed by atoms with Gasteiger partial charge in [-0.3, -0.25) is 10.1 Å². The Morgan fingerprint density at radius 3 is 2.90 bits per heavy atom. The first-order chi connectivity index (χ1) is 9.70. The van der Waals surface area contributed by atoms with E-state index < -0.39 is 6.03 Å². The number of urea groups is 1. The van der Waals surface area contributed by atoms with E-state index in [0.717, 1.165) is 31.5 Å². The molecule has 1 aliphatic rings. The van der Waals surface area contributed by atoms with Crippen LogP contribution in [0.25, 0.3) is 0 Å². The number of rotatable bonds is 5. The lowest BCUT2D eigenvalue weighted by Crippen LogP contribution is -2.44.